The Hall–Kier alpha value is -2.87. The van der Waals surface area contributed by atoms with Crippen LogP contribution in [-0.4, -0.2) is 47.0 Å². The van der Waals surface area contributed by atoms with E-state index in [9.17, 15) is 4.79 Å². The van der Waals surface area contributed by atoms with Gasteiger partial charge in [-0.25, -0.2) is 0 Å². The van der Waals surface area contributed by atoms with E-state index in [1.165, 1.54) is 31.5 Å². The molecule has 0 saturated carbocycles. The first-order chi connectivity index (χ1) is 15.3. The minimum atomic E-state index is -0.103. The standard InChI is InChI=1S/C24H35N7O/c1-4-24(2,3)16-26-23-28-21(25)20-22(29-23)31(15-19(32)27-20)14-18-9-7-8-17(12-18)13-30-10-5-6-11-30/h7-9,12H,4-6,10-11,13-16H2,1-3H3,(H,27,32)(H3,25,26,28,29). The van der Waals surface area contributed by atoms with Crippen molar-refractivity contribution in [1.82, 2.24) is 14.9 Å². The second-order valence-corrected chi connectivity index (χ2v) is 9.71. The highest BCUT2D eigenvalue weighted by Gasteiger charge is 2.27. The largest absolute Gasteiger partial charge is 0.382 e. The number of hydrogen-bond donors (Lipinski definition) is 3. The van der Waals surface area contributed by atoms with Crippen molar-refractivity contribution in [2.24, 2.45) is 5.41 Å². The number of nitrogens with two attached hydrogens (primary N) is 1. The summed E-state index contributed by atoms with van der Waals surface area (Å²) in [5, 5.41) is 6.17. The fourth-order valence-electron chi connectivity index (χ4n) is 4.14. The lowest BCUT2D eigenvalue weighted by Gasteiger charge is -2.31. The number of nitrogen functional groups attached to an aromatic ring is 1. The van der Waals surface area contributed by atoms with Crippen molar-refractivity contribution in [2.45, 2.75) is 53.1 Å². The molecule has 1 saturated heterocycles. The van der Waals surface area contributed by atoms with Crippen LogP contribution in [0.4, 0.5) is 23.3 Å². The smallest absolute Gasteiger partial charge is 0.244 e. The van der Waals surface area contributed by atoms with Gasteiger partial charge in [0.1, 0.15) is 5.69 Å². The number of nitrogens with one attached hydrogen (secondary N) is 2. The van der Waals surface area contributed by atoms with Crippen molar-refractivity contribution < 1.29 is 4.79 Å². The molecule has 2 aromatic rings. The molecule has 2 aliphatic rings. The monoisotopic (exact) mass is 437 g/mol. The molecule has 32 heavy (non-hydrogen) atoms. The summed E-state index contributed by atoms with van der Waals surface area (Å²) in [7, 11) is 0. The van der Waals surface area contributed by atoms with E-state index in [-0.39, 0.29) is 23.7 Å². The average Bonchev–Trinajstić information content (AvgIpc) is 3.26. The second kappa shape index (κ2) is 9.32. The van der Waals surface area contributed by atoms with Crippen LogP contribution in [0.15, 0.2) is 24.3 Å². The van der Waals surface area contributed by atoms with Crippen LogP contribution in [0.2, 0.25) is 0 Å². The van der Waals surface area contributed by atoms with Crippen LogP contribution in [0.3, 0.4) is 0 Å². The molecule has 1 aromatic heterocycles. The molecule has 4 N–H and O–H groups in total. The van der Waals surface area contributed by atoms with Crippen molar-refractivity contribution in [3.63, 3.8) is 0 Å². The Morgan fingerprint density at radius 2 is 1.88 bits per heavy atom. The van der Waals surface area contributed by atoms with E-state index in [1.807, 2.05) is 4.90 Å². The van der Waals surface area contributed by atoms with Crippen LogP contribution in [0.5, 0.6) is 0 Å². The number of fused-ring (bicyclic) bond motifs is 1. The van der Waals surface area contributed by atoms with Crippen LogP contribution in [0.25, 0.3) is 0 Å². The van der Waals surface area contributed by atoms with Gasteiger partial charge in [0, 0.05) is 19.6 Å². The molecule has 1 aromatic carbocycles. The van der Waals surface area contributed by atoms with Gasteiger partial charge in [0.2, 0.25) is 11.9 Å². The van der Waals surface area contributed by atoms with E-state index in [1.54, 1.807) is 0 Å². The zero-order valence-corrected chi connectivity index (χ0v) is 19.4. The summed E-state index contributed by atoms with van der Waals surface area (Å²) in [5.74, 6) is 1.34. The molecule has 0 unspecified atom stereocenters. The van der Waals surface area contributed by atoms with Crippen LogP contribution in [0.1, 0.15) is 51.2 Å². The molecule has 0 aliphatic carbocycles. The van der Waals surface area contributed by atoms with E-state index in [2.05, 4.69) is 65.6 Å². The third-order valence-corrected chi connectivity index (χ3v) is 6.47. The Morgan fingerprint density at radius 3 is 2.59 bits per heavy atom. The summed E-state index contributed by atoms with van der Waals surface area (Å²) < 4.78 is 0. The number of carbonyl (C=O) groups is 1. The first-order valence-corrected chi connectivity index (χ1v) is 11.6. The maximum absolute atomic E-state index is 12.4. The number of carbonyl (C=O) groups excluding carboxylic acids is 1. The van der Waals surface area contributed by atoms with Gasteiger partial charge in [-0.1, -0.05) is 45.0 Å². The average molecular weight is 438 g/mol. The molecule has 172 valence electrons. The highest BCUT2D eigenvalue weighted by atomic mass is 16.2. The summed E-state index contributed by atoms with van der Waals surface area (Å²) >= 11 is 0. The summed E-state index contributed by atoms with van der Waals surface area (Å²) in [5.41, 5.74) is 9.28. The number of nitrogens with zero attached hydrogens (tertiary/aromatic N) is 4. The van der Waals surface area contributed by atoms with E-state index in [4.69, 9.17) is 10.7 Å². The molecular weight excluding hydrogens is 402 g/mol. The number of hydrogen-bond acceptors (Lipinski definition) is 7. The number of amides is 1. The van der Waals surface area contributed by atoms with Gasteiger partial charge in [-0.15, -0.1) is 0 Å². The third-order valence-electron chi connectivity index (χ3n) is 6.47. The number of rotatable bonds is 8. The number of anilines is 4. The maximum atomic E-state index is 12.4. The Bertz CT molecular complexity index is 969. The predicted octanol–water partition coefficient (Wildman–Crippen LogP) is 3.46. The number of likely N-dealkylation sites (tertiary alicyclic amines) is 1. The maximum Gasteiger partial charge on any atom is 0.244 e. The minimum absolute atomic E-state index is 0.103. The topological polar surface area (TPSA) is 99.4 Å². The van der Waals surface area contributed by atoms with Gasteiger partial charge >= 0.3 is 0 Å². The molecule has 0 spiro atoms. The molecular formula is C24H35N7O. The summed E-state index contributed by atoms with van der Waals surface area (Å²) in [6.07, 6.45) is 3.61. The molecule has 0 atom stereocenters. The Labute approximate surface area is 190 Å². The summed E-state index contributed by atoms with van der Waals surface area (Å²) in [4.78, 5) is 26.0. The molecule has 8 nitrogen and oxygen atoms in total. The predicted molar refractivity (Wildman–Crippen MR) is 130 cm³/mol. The highest BCUT2D eigenvalue weighted by molar-refractivity contribution is 6.03. The van der Waals surface area contributed by atoms with Gasteiger partial charge in [0.05, 0.1) is 6.54 Å². The molecule has 4 rings (SSSR count). The lowest BCUT2D eigenvalue weighted by Crippen LogP contribution is -2.39. The van der Waals surface area contributed by atoms with Crippen LogP contribution in [0, 0.1) is 5.41 Å². The minimum Gasteiger partial charge on any atom is -0.382 e. The number of aromatic nitrogens is 2. The summed E-state index contributed by atoms with van der Waals surface area (Å²) in [6, 6.07) is 8.61. The lowest BCUT2D eigenvalue weighted by molar-refractivity contribution is -0.115. The van der Waals surface area contributed by atoms with Gasteiger partial charge in [0.15, 0.2) is 11.6 Å². The van der Waals surface area contributed by atoms with Crippen LogP contribution < -0.4 is 21.3 Å². The van der Waals surface area contributed by atoms with Crippen molar-refractivity contribution in [3.05, 3.63) is 35.4 Å². The molecule has 1 amide bonds. The highest BCUT2D eigenvalue weighted by Crippen LogP contribution is 2.34. The Morgan fingerprint density at radius 1 is 1.16 bits per heavy atom. The molecule has 3 heterocycles. The SMILES string of the molecule is CCC(C)(C)CNc1nc(N)c2c(n1)N(Cc1cccc(CN3CCCC3)c1)CC(=O)N2. The van der Waals surface area contributed by atoms with E-state index in [0.717, 1.165) is 25.1 Å². The van der Waals surface area contributed by atoms with Gasteiger partial charge in [0.25, 0.3) is 0 Å². The molecule has 8 heteroatoms. The number of benzene rings is 1. The first-order valence-electron chi connectivity index (χ1n) is 11.6. The fraction of sp³-hybridized carbons (Fsp3) is 0.542. The van der Waals surface area contributed by atoms with Gasteiger partial charge in [-0.05, 0) is 48.9 Å². The lowest BCUT2D eigenvalue weighted by atomic mass is 9.90. The Balaban J connectivity index is 1.54. The Kier molecular flexibility index (Phi) is 6.50. The van der Waals surface area contributed by atoms with Gasteiger partial charge in [-0.3, -0.25) is 9.69 Å². The normalized spacial score (nSPS) is 16.7. The van der Waals surface area contributed by atoms with Gasteiger partial charge in [-0.2, -0.15) is 9.97 Å². The fourth-order valence-corrected chi connectivity index (χ4v) is 4.14. The van der Waals surface area contributed by atoms with E-state index in [0.29, 0.717) is 24.0 Å². The third kappa shape index (κ3) is 5.30. The molecule has 0 radical (unpaired) electrons. The first kappa shape index (κ1) is 22.3. The van der Waals surface area contributed by atoms with Crippen molar-refractivity contribution in [3.8, 4) is 0 Å². The molecule has 0 bridgehead atoms. The van der Waals surface area contributed by atoms with Crippen molar-refractivity contribution >= 4 is 29.2 Å². The van der Waals surface area contributed by atoms with E-state index >= 15 is 0 Å². The molecule has 1 fully saturated rings. The van der Waals surface area contributed by atoms with E-state index < -0.39 is 0 Å². The quantitative estimate of drug-likeness (QED) is 0.581. The van der Waals surface area contributed by atoms with Crippen molar-refractivity contribution in [1.29, 1.82) is 0 Å². The van der Waals surface area contributed by atoms with Gasteiger partial charge < -0.3 is 21.3 Å². The molecule has 2 aliphatic heterocycles. The second-order valence-electron chi connectivity index (χ2n) is 9.71. The van der Waals surface area contributed by atoms with Crippen LogP contribution in [-0.2, 0) is 17.9 Å². The van der Waals surface area contributed by atoms with Crippen molar-refractivity contribution in [2.75, 3.05) is 47.4 Å². The zero-order chi connectivity index (χ0) is 22.7. The summed E-state index contributed by atoms with van der Waals surface area (Å²) in [6.45, 7) is 11.4. The zero-order valence-electron chi connectivity index (χ0n) is 19.4. The van der Waals surface area contributed by atoms with Crippen LogP contribution >= 0.6 is 0 Å².